The van der Waals surface area contributed by atoms with Gasteiger partial charge in [-0.1, -0.05) is 26.7 Å². The summed E-state index contributed by atoms with van der Waals surface area (Å²) in [4.78, 5) is 4.41. The molecule has 0 fully saturated rings. The lowest BCUT2D eigenvalue weighted by molar-refractivity contribution is 0.657. The molecule has 11 heavy (non-hydrogen) atoms. The Morgan fingerprint density at radius 1 is 1.36 bits per heavy atom. The highest BCUT2D eigenvalue weighted by Crippen LogP contribution is 2.20. The first-order valence-corrected chi connectivity index (χ1v) is 4.60. The van der Waals surface area contributed by atoms with E-state index in [0.29, 0.717) is 6.04 Å². The third kappa shape index (κ3) is 2.18. The van der Waals surface area contributed by atoms with E-state index in [1.165, 1.54) is 31.3 Å². The zero-order valence-corrected chi connectivity index (χ0v) is 7.51. The Balaban J connectivity index is 2.40. The molecular formula is C10H17N. The molecule has 0 aromatic carbocycles. The van der Waals surface area contributed by atoms with E-state index in [2.05, 4.69) is 24.9 Å². The summed E-state index contributed by atoms with van der Waals surface area (Å²) in [6.07, 6.45) is 9.08. The van der Waals surface area contributed by atoms with Crippen LogP contribution in [0.3, 0.4) is 0 Å². The van der Waals surface area contributed by atoms with Crippen LogP contribution in [0, 0.1) is 0 Å². The summed E-state index contributed by atoms with van der Waals surface area (Å²) in [5, 5.41) is 0. The molecule has 0 spiro atoms. The zero-order valence-electron chi connectivity index (χ0n) is 7.51. The van der Waals surface area contributed by atoms with Crippen molar-refractivity contribution in [2.45, 2.75) is 45.6 Å². The zero-order chi connectivity index (χ0) is 8.10. The van der Waals surface area contributed by atoms with Gasteiger partial charge in [-0.25, -0.2) is 0 Å². The van der Waals surface area contributed by atoms with Crippen LogP contribution < -0.4 is 0 Å². The minimum Gasteiger partial charge on any atom is -0.285 e. The van der Waals surface area contributed by atoms with Crippen molar-refractivity contribution in [3.63, 3.8) is 0 Å². The van der Waals surface area contributed by atoms with E-state index in [-0.39, 0.29) is 0 Å². The molecule has 0 saturated heterocycles. The van der Waals surface area contributed by atoms with Crippen LogP contribution in [0.5, 0.6) is 0 Å². The molecule has 0 saturated carbocycles. The summed E-state index contributed by atoms with van der Waals surface area (Å²) in [6.45, 7) is 4.44. The average Bonchev–Trinajstić information content (AvgIpc) is 2.39. The van der Waals surface area contributed by atoms with Gasteiger partial charge in [-0.15, -0.1) is 0 Å². The van der Waals surface area contributed by atoms with Crippen LogP contribution in [0.25, 0.3) is 0 Å². The van der Waals surface area contributed by atoms with Gasteiger partial charge in [0.05, 0.1) is 6.04 Å². The molecular weight excluding hydrogens is 134 g/mol. The first kappa shape index (κ1) is 8.51. The third-order valence-electron chi connectivity index (χ3n) is 2.08. The highest BCUT2D eigenvalue weighted by molar-refractivity contribution is 5.76. The molecule has 0 N–H and O–H groups in total. The molecule has 0 amide bonds. The third-order valence-corrected chi connectivity index (χ3v) is 2.08. The minimum absolute atomic E-state index is 0.528. The Morgan fingerprint density at radius 3 is 2.82 bits per heavy atom. The van der Waals surface area contributed by atoms with Gasteiger partial charge in [-0.3, -0.25) is 4.99 Å². The van der Waals surface area contributed by atoms with Crippen LogP contribution in [0.4, 0.5) is 0 Å². The highest BCUT2D eigenvalue weighted by atomic mass is 14.8. The monoisotopic (exact) mass is 151 g/mol. The second-order valence-electron chi connectivity index (χ2n) is 3.09. The van der Waals surface area contributed by atoms with E-state index < -0.39 is 0 Å². The maximum absolute atomic E-state index is 4.41. The Morgan fingerprint density at radius 2 is 2.18 bits per heavy atom. The van der Waals surface area contributed by atoms with Gasteiger partial charge in [0.1, 0.15) is 0 Å². The lowest BCUT2D eigenvalue weighted by atomic mass is 10.0. The molecule has 62 valence electrons. The maximum atomic E-state index is 4.41. The van der Waals surface area contributed by atoms with Crippen LogP contribution in [-0.2, 0) is 0 Å². The van der Waals surface area contributed by atoms with Gasteiger partial charge >= 0.3 is 0 Å². The summed E-state index contributed by atoms with van der Waals surface area (Å²) < 4.78 is 0. The number of hydrogen-bond donors (Lipinski definition) is 0. The van der Waals surface area contributed by atoms with Crippen molar-refractivity contribution < 1.29 is 0 Å². The Bertz CT molecular complexity index is 168. The molecule has 1 aliphatic heterocycles. The number of aliphatic imine (C=N–C) groups is 1. The predicted molar refractivity (Wildman–Crippen MR) is 50.2 cm³/mol. The average molecular weight is 151 g/mol. The highest BCUT2D eigenvalue weighted by Gasteiger charge is 2.13. The van der Waals surface area contributed by atoms with E-state index in [1.807, 2.05) is 6.21 Å². The Labute approximate surface area is 69.2 Å². The Kier molecular flexibility index (Phi) is 3.34. The fourth-order valence-corrected chi connectivity index (χ4v) is 1.52. The number of rotatable bonds is 4. The molecule has 1 atom stereocenters. The first-order valence-electron chi connectivity index (χ1n) is 4.60. The molecule has 0 bridgehead atoms. The fraction of sp³-hybridized carbons (Fsp3) is 0.700. The molecule has 1 aliphatic rings. The van der Waals surface area contributed by atoms with Crippen molar-refractivity contribution in [3.8, 4) is 0 Å². The quantitative estimate of drug-likeness (QED) is 0.585. The number of allylic oxidation sites excluding steroid dienone is 1. The second kappa shape index (κ2) is 4.32. The van der Waals surface area contributed by atoms with E-state index in [9.17, 15) is 0 Å². The molecule has 1 heterocycles. The van der Waals surface area contributed by atoms with E-state index >= 15 is 0 Å². The second-order valence-corrected chi connectivity index (χ2v) is 3.09. The maximum Gasteiger partial charge on any atom is 0.0712 e. The van der Waals surface area contributed by atoms with Crippen molar-refractivity contribution >= 4 is 6.21 Å². The molecule has 1 rings (SSSR count). The molecule has 0 aromatic heterocycles. The van der Waals surface area contributed by atoms with Crippen molar-refractivity contribution in [2.24, 2.45) is 4.99 Å². The molecule has 0 aromatic rings. The molecule has 1 heteroatoms. The summed E-state index contributed by atoms with van der Waals surface area (Å²) in [7, 11) is 0. The van der Waals surface area contributed by atoms with Crippen molar-refractivity contribution in [1.82, 2.24) is 0 Å². The normalized spacial score (nSPS) is 22.4. The first-order chi connectivity index (χ1) is 5.38. The fourth-order valence-electron chi connectivity index (χ4n) is 1.52. The SMILES string of the molecule is CCCC1=CC=NC1CCC. The van der Waals surface area contributed by atoms with Crippen molar-refractivity contribution in [1.29, 1.82) is 0 Å². The van der Waals surface area contributed by atoms with Crippen LogP contribution in [0.1, 0.15) is 39.5 Å². The van der Waals surface area contributed by atoms with Gasteiger partial charge in [0.2, 0.25) is 0 Å². The lowest BCUT2D eigenvalue weighted by Crippen LogP contribution is -2.03. The summed E-state index contributed by atoms with van der Waals surface area (Å²) in [6, 6.07) is 0.528. The summed E-state index contributed by atoms with van der Waals surface area (Å²) in [5.74, 6) is 0. The van der Waals surface area contributed by atoms with E-state index in [4.69, 9.17) is 0 Å². The summed E-state index contributed by atoms with van der Waals surface area (Å²) in [5.41, 5.74) is 1.54. The number of nitrogens with zero attached hydrogens (tertiary/aromatic N) is 1. The largest absolute Gasteiger partial charge is 0.285 e. The van der Waals surface area contributed by atoms with Crippen LogP contribution in [0.15, 0.2) is 16.6 Å². The van der Waals surface area contributed by atoms with E-state index in [1.54, 1.807) is 0 Å². The van der Waals surface area contributed by atoms with Crippen LogP contribution in [-0.4, -0.2) is 12.3 Å². The topological polar surface area (TPSA) is 12.4 Å². The van der Waals surface area contributed by atoms with Gasteiger partial charge in [-0.2, -0.15) is 0 Å². The van der Waals surface area contributed by atoms with Crippen molar-refractivity contribution in [2.75, 3.05) is 0 Å². The van der Waals surface area contributed by atoms with Gasteiger partial charge in [0.25, 0.3) is 0 Å². The standard InChI is InChI=1S/C10H17N/c1-3-5-9-7-8-11-10(9)6-4-2/h7-8,10H,3-6H2,1-2H3. The lowest BCUT2D eigenvalue weighted by Gasteiger charge is -2.09. The smallest absolute Gasteiger partial charge is 0.0712 e. The molecule has 0 aliphatic carbocycles. The van der Waals surface area contributed by atoms with Crippen LogP contribution >= 0.6 is 0 Å². The molecule has 1 unspecified atom stereocenters. The minimum atomic E-state index is 0.528. The predicted octanol–water partition coefficient (Wildman–Crippen LogP) is 2.97. The van der Waals surface area contributed by atoms with E-state index in [0.717, 1.165) is 0 Å². The number of hydrogen-bond acceptors (Lipinski definition) is 1. The van der Waals surface area contributed by atoms with Crippen molar-refractivity contribution in [3.05, 3.63) is 11.6 Å². The summed E-state index contributed by atoms with van der Waals surface area (Å²) >= 11 is 0. The van der Waals surface area contributed by atoms with Gasteiger partial charge in [0.15, 0.2) is 0 Å². The van der Waals surface area contributed by atoms with Crippen LogP contribution in [0.2, 0.25) is 0 Å². The molecule has 0 radical (unpaired) electrons. The molecule has 1 nitrogen and oxygen atoms in total. The van der Waals surface area contributed by atoms with Gasteiger partial charge in [-0.05, 0) is 24.5 Å². The van der Waals surface area contributed by atoms with Gasteiger partial charge in [0, 0.05) is 6.21 Å². The van der Waals surface area contributed by atoms with Gasteiger partial charge < -0.3 is 0 Å². The Hall–Kier alpha value is -0.590.